The second-order valence-electron chi connectivity index (χ2n) is 11.8. The molecule has 1 saturated heterocycles. The lowest BCUT2D eigenvalue weighted by Crippen LogP contribution is -2.54. The fourth-order valence-corrected chi connectivity index (χ4v) is 6.08. The Hall–Kier alpha value is -3.36. The van der Waals surface area contributed by atoms with E-state index in [0.717, 1.165) is 61.3 Å². The van der Waals surface area contributed by atoms with E-state index in [1.165, 1.54) is 4.90 Å². The van der Waals surface area contributed by atoms with Gasteiger partial charge in [-0.05, 0) is 66.5 Å². The lowest BCUT2D eigenvalue weighted by Gasteiger charge is -2.31. The average molecular weight is 524 g/mol. The van der Waals surface area contributed by atoms with Crippen molar-refractivity contribution in [3.8, 4) is 5.88 Å². The maximum atomic E-state index is 13.8. The van der Waals surface area contributed by atoms with Crippen molar-refractivity contribution in [2.75, 3.05) is 13.2 Å². The zero-order valence-corrected chi connectivity index (χ0v) is 22.2. The summed E-state index contributed by atoms with van der Waals surface area (Å²) in [5.74, 6) is -1.08. The number of hydrogen-bond acceptors (Lipinski definition) is 6. The number of alkyl carbamates (subject to hydrolysis) is 1. The molecule has 2 amide bonds. The summed E-state index contributed by atoms with van der Waals surface area (Å²) in [5, 5.41) is 14.7. The summed E-state index contributed by atoms with van der Waals surface area (Å²) in [6.07, 6.45) is 6.85. The normalized spacial score (nSPS) is 26.9. The Morgan fingerprint density at radius 2 is 1.95 bits per heavy atom. The van der Waals surface area contributed by atoms with Gasteiger partial charge in [0, 0.05) is 18.0 Å². The number of pyridine rings is 1. The second kappa shape index (κ2) is 10.8. The molecule has 2 fully saturated rings. The number of nitrogens with one attached hydrogen (secondary N) is 1. The number of fused-ring (bicyclic) bond motifs is 3. The van der Waals surface area contributed by atoms with Crippen molar-refractivity contribution in [3.63, 3.8) is 0 Å². The first-order chi connectivity index (χ1) is 18.2. The van der Waals surface area contributed by atoms with Crippen molar-refractivity contribution in [1.29, 1.82) is 0 Å². The molecule has 5 rings (SSSR count). The monoisotopic (exact) mass is 523 g/mol. The van der Waals surface area contributed by atoms with E-state index < -0.39 is 30.3 Å². The predicted molar refractivity (Wildman–Crippen MR) is 141 cm³/mol. The van der Waals surface area contributed by atoms with Crippen LogP contribution >= 0.6 is 0 Å². The van der Waals surface area contributed by atoms with E-state index in [4.69, 9.17) is 9.47 Å². The van der Waals surface area contributed by atoms with Gasteiger partial charge in [-0.15, -0.1) is 0 Å². The highest BCUT2D eigenvalue weighted by Crippen LogP contribution is 2.33. The number of aryl methyl sites for hydroxylation is 1. The summed E-state index contributed by atoms with van der Waals surface area (Å²) in [6, 6.07) is 6.29. The van der Waals surface area contributed by atoms with Crippen molar-refractivity contribution in [3.05, 3.63) is 36.0 Å². The number of benzene rings is 1. The molecule has 2 aliphatic heterocycles. The largest absolute Gasteiger partial charge is 0.480 e. The van der Waals surface area contributed by atoms with Crippen LogP contribution in [-0.4, -0.2) is 64.3 Å². The third-order valence-corrected chi connectivity index (χ3v) is 8.23. The Labute approximate surface area is 222 Å². The average Bonchev–Trinajstić information content (AvgIpc) is 3.56. The Morgan fingerprint density at radius 3 is 2.71 bits per heavy atom. The van der Waals surface area contributed by atoms with Gasteiger partial charge in [-0.3, -0.25) is 4.79 Å². The molecule has 1 aromatic carbocycles. The van der Waals surface area contributed by atoms with E-state index >= 15 is 0 Å². The number of aromatic nitrogens is 1. The maximum Gasteiger partial charge on any atom is 0.407 e. The number of cyclic esters (lactones) is 1. The van der Waals surface area contributed by atoms with Crippen LogP contribution in [0.15, 0.2) is 30.5 Å². The Morgan fingerprint density at radius 1 is 1.16 bits per heavy atom. The van der Waals surface area contributed by atoms with Gasteiger partial charge < -0.3 is 24.8 Å². The van der Waals surface area contributed by atoms with Crippen LogP contribution in [0.3, 0.4) is 0 Å². The third kappa shape index (κ3) is 5.71. The number of carboxylic acids is 1. The fourth-order valence-electron chi connectivity index (χ4n) is 6.08. The van der Waals surface area contributed by atoms with E-state index in [-0.39, 0.29) is 36.8 Å². The minimum Gasteiger partial charge on any atom is -0.480 e. The summed E-state index contributed by atoms with van der Waals surface area (Å²) in [4.78, 5) is 44.7. The van der Waals surface area contributed by atoms with E-state index in [0.29, 0.717) is 5.88 Å². The molecule has 0 spiro atoms. The van der Waals surface area contributed by atoms with Gasteiger partial charge in [0.2, 0.25) is 11.8 Å². The number of ether oxygens (including phenoxy) is 2. The van der Waals surface area contributed by atoms with Crippen molar-refractivity contribution >= 4 is 28.7 Å². The molecule has 38 heavy (non-hydrogen) atoms. The molecule has 3 atom stereocenters. The topological polar surface area (TPSA) is 118 Å². The van der Waals surface area contributed by atoms with E-state index in [1.54, 1.807) is 6.20 Å². The van der Waals surface area contributed by atoms with Gasteiger partial charge in [-0.2, -0.15) is 0 Å². The first-order valence-electron chi connectivity index (χ1n) is 13.7. The number of nitrogens with zero attached hydrogens (tertiary/aromatic N) is 2. The standard InChI is InChI=1S/C29H37N3O6/c1-29(2)12-5-6-18-9-10-19-11-13-30-25(22(19)14-18)38-21-15-23(27(34)35)32(16-21)26(33)24(20-7-3-4-8-20)31-28(36)37-17-29/h9-11,13-14,20-21,23-24H,3-8,12,15-17H2,1-2H3,(H,31,36)(H,34,35)/t21-,23+,24+/m1/s1. The lowest BCUT2D eigenvalue weighted by atomic mass is 9.87. The SMILES string of the molecule is CC1(C)CCCc2ccc3ccnc(c3c2)O[C@@H]2C[C@@H](C(=O)O)N(C2)C(=O)[C@H](C2CCCC2)NC(=O)OC1. The van der Waals surface area contributed by atoms with Gasteiger partial charge in [0.1, 0.15) is 18.2 Å². The quantitative estimate of drug-likeness (QED) is 0.602. The zero-order chi connectivity index (χ0) is 26.9. The maximum absolute atomic E-state index is 13.8. The van der Waals surface area contributed by atoms with Crippen molar-refractivity contribution in [2.45, 2.75) is 83.4 Å². The number of carboxylic acid groups (broad SMARTS) is 1. The molecule has 1 saturated carbocycles. The lowest BCUT2D eigenvalue weighted by molar-refractivity contribution is -0.149. The molecule has 3 aliphatic rings. The van der Waals surface area contributed by atoms with Gasteiger partial charge in [0.25, 0.3) is 0 Å². The van der Waals surface area contributed by atoms with Crippen LogP contribution < -0.4 is 10.1 Å². The summed E-state index contributed by atoms with van der Waals surface area (Å²) >= 11 is 0. The molecular formula is C29H37N3O6. The minimum atomic E-state index is -1.09. The fraction of sp³-hybridized carbons (Fsp3) is 0.586. The Bertz CT molecular complexity index is 1210. The molecule has 0 radical (unpaired) electrons. The van der Waals surface area contributed by atoms with Crippen molar-refractivity contribution in [1.82, 2.24) is 15.2 Å². The van der Waals surface area contributed by atoms with Crippen LogP contribution in [0.25, 0.3) is 10.8 Å². The number of carbonyl (C=O) groups is 3. The van der Waals surface area contributed by atoms with Gasteiger partial charge in [-0.25, -0.2) is 14.6 Å². The zero-order valence-electron chi connectivity index (χ0n) is 22.2. The van der Waals surface area contributed by atoms with Crippen LogP contribution in [0, 0.1) is 11.3 Å². The van der Waals surface area contributed by atoms with Gasteiger partial charge in [-0.1, -0.05) is 38.8 Å². The van der Waals surface area contributed by atoms with E-state index in [1.807, 2.05) is 12.1 Å². The second-order valence-corrected chi connectivity index (χ2v) is 11.8. The summed E-state index contributed by atoms with van der Waals surface area (Å²) < 4.78 is 11.9. The van der Waals surface area contributed by atoms with Crippen LogP contribution in [0.5, 0.6) is 5.88 Å². The summed E-state index contributed by atoms with van der Waals surface area (Å²) in [6.45, 7) is 4.47. The van der Waals surface area contributed by atoms with Crippen molar-refractivity contribution < 1.29 is 29.0 Å². The van der Waals surface area contributed by atoms with Gasteiger partial charge in [0.15, 0.2) is 0 Å². The minimum absolute atomic E-state index is 0.0544. The number of amides is 2. The van der Waals surface area contributed by atoms with E-state index in [9.17, 15) is 19.5 Å². The highest BCUT2D eigenvalue weighted by Gasteiger charge is 2.45. The van der Waals surface area contributed by atoms with E-state index in [2.05, 4.69) is 36.3 Å². The highest BCUT2D eigenvalue weighted by atomic mass is 16.5. The molecule has 3 heterocycles. The van der Waals surface area contributed by atoms with Crippen molar-refractivity contribution in [2.24, 2.45) is 11.3 Å². The Kier molecular flexibility index (Phi) is 7.45. The number of aliphatic carboxylic acids is 1. The molecule has 9 nitrogen and oxygen atoms in total. The molecule has 204 valence electrons. The number of carbonyl (C=O) groups excluding carboxylic acids is 2. The molecular weight excluding hydrogens is 486 g/mol. The molecule has 9 heteroatoms. The van der Waals surface area contributed by atoms with Gasteiger partial charge >= 0.3 is 12.1 Å². The van der Waals surface area contributed by atoms with Crippen LogP contribution in [0.1, 0.15) is 64.4 Å². The third-order valence-electron chi connectivity index (χ3n) is 8.23. The molecule has 4 bridgehead atoms. The molecule has 2 aromatic rings. The molecule has 1 aliphatic carbocycles. The summed E-state index contributed by atoms with van der Waals surface area (Å²) in [5.41, 5.74) is 0.913. The van der Waals surface area contributed by atoms with Crippen LogP contribution in [0.2, 0.25) is 0 Å². The smallest absolute Gasteiger partial charge is 0.407 e. The Balaban J connectivity index is 1.49. The van der Waals surface area contributed by atoms with Gasteiger partial charge in [0.05, 0.1) is 13.2 Å². The number of rotatable bonds is 2. The highest BCUT2D eigenvalue weighted by molar-refractivity contribution is 5.90. The molecule has 2 N–H and O–H groups in total. The molecule has 0 unspecified atom stereocenters. The molecule has 1 aromatic heterocycles. The summed E-state index contributed by atoms with van der Waals surface area (Å²) in [7, 11) is 0. The predicted octanol–water partition coefficient (Wildman–Crippen LogP) is 4.32. The number of hydrogen-bond donors (Lipinski definition) is 2. The van der Waals surface area contributed by atoms with Crippen LogP contribution in [-0.2, 0) is 20.7 Å². The first-order valence-corrected chi connectivity index (χ1v) is 13.7. The van der Waals surface area contributed by atoms with Crippen LogP contribution in [0.4, 0.5) is 4.79 Å². The first kappa shape index (κ1) is 26.3.